The van der Waals surface area contributed by atoms with Crippen LogP contribution in [-0.4, -0.2) is 62.4 Å². The highest BCUT2D eigenvalue weighted by molar-refractivity contribution is 5.99. The average Bonchev–Trinajstić information content (AvgIpc) is 3.40. The molecule has 2 fully saturated rings. The molecule has 2 aliphatic heterocycles. The van der Waals surface area contributed by atoms with Crippen molar-refractivity contribution in [2.45, 2.75) is 70.2 Å². The number of amides is 1. The van der Waals surface area contributed by atoms with Gasteiger partial charge in [0.15, 0.2) is 0 Å². The maximum Gasteiger partial charge on any atom is 0.329 e. The number of hydrogen-bond acceptors (Lipinski definition) is 6. The Morgan fingerprint density at radius 2 is 2.12 bits per heavy atom. The van der Waals surface area contributed by atoms with Gasteiger partial charge in [0.05, 0.1) is 31.1 Å². The molecular formula is C23H30N4O5. The Kier molecular flexibility index (Phi) is 6.05. The van der Waals surface area contributed by atoms with Gasteiger partial charge in [0.2, 0.25) is 0 Å². The van der Waals surface area contributed by atoms with E-state index >= 15 is 0 Å². The van der Waals surface area contributed by atoms with Gasteiger partial charge in [-0.1, -0.05) is 11.3 Å². The zero-order valence-electron chi connectivity index (χ0n) is 18.8. The highest BCUT2D eigenvalue weighted by Crippen LogP contribution is 2.33. The van der Waals surface area contributed by atoms with Crippen molar-refractivity contribution in [1.82, 2.24) is 20.3 Å². The first-order valence-electron chi connectivity index (χ1n) is 11.0. The normalized spacial score (nSPS) is 24.9. The van der Waals surface area contributed by atoms with Gasteiger partial charge < -0.3 is 19.9 Å². The third kappa shape index (κ3) is 4.68. The smallest absolute Gasteiger partial charge is 0.329 e. The Balaban J connectivity index is 1.55. The molecule has 2 aliphatic rings. The van der Waals surface area contributed by atoms with Crippen LogP contribution < -0.4 is 5.32 Å². The maximum absolute atomic E-state index is 13.1. The number of carboxylic acids is 1. The second kappa shape index (κ2) is 8.63. The minimum absolute atomic E-state index is 0.152. The summed E-state index contributed by atoms with van der Waals surface area (Å²) in [4.78, 5) is 25.2. The molecule has 0 spiro atoms. The van der Waals surface area contributed by atoms with E-state index in [1.54, 1.807) is 16.8 Å². The SMILES string of the molecule is Cc1ccc(C(=O)NC2(C(=O)O)CCOC(C)(C)C2)cc1-c1cn(CC2CCCO2)nn1. The van der Waals surface area contributed by atoms with Crippen LogP contribution in [0.3, 0.4) is 0 Å². The summed E-state index contributed by atoms with van der Waals surface area (Å²) in [7, 11) is 0. The fourth-order valence-corrected chi connectivity index (χ4v) is 4.55. The van der Waals surface area contributed by atoms with Crippen molar-refractivity contribution in [2.24, 2.45) is 0 Å². The lowest BCUT2D eigenvalue weighted by molar-refractivity contribution is -0.157. The van der Waals surface area contributed by atoms with Gasteiger partial charge in [0.1, 0.15) is 11.2 Å². The van der Waals surface area contributed by atoms with E-state index in [4.69, 9.17) is 9.47 Å². The van der Waals surface area contributed by atoms with Crippen LogP contribution in [0.15, 0.2) is 24.4 Å². The summed E-state index contributed by atoms with van der Waals surface area (Å²) in [6.45, 7) is 7.30. The molecule has 2 saturated heterocycles. The number of aryl methyl sites for hydroxylation is 1. The third-order valence-electron chi connectivity index (χ3n) is 6.24. The van der Waals surface area contributed by atoms with Crippen LogP contribution >= 0.6 is 0 Å². The number of benzene rings is 1. The van der Waals surface area contributed by atoms with Gasteiger partial charge in [0.25, 0.3) is 5.91 Å². The predicted molar refractivity (Wildman–Crippen MR) is 116 cm³/mol. The number of carbonyl (C=O) groups excluding carboxylic acids is 1. The Labute approximate surface area is 187 Å². The molecule has 2 N–H and O–H groups in total. The Bertz CT molecular complexity index is 1010. The van der Waals surface area contributed by atoms with Crippen molar-refractivity contribution in [3.8, 4) is 11.3 Å². The van der Waals surface area contributed by atoms with Gasteiger partial charge in [-0.15, -0.1) is 5.10 Å². The van der Waals surface area contributed by atoms with E-state index in [1.165, 1.54) is 0 Å². The van der Waals surface area contributed by atoms with E-state index in [0.29, 0.717) is 17.8 Å². The largest absolute Gasteiger partial charge is 0.480 e. The van der Waals surface area contributed by atoms with Crippen LogP contribution in [0.1, 0.15) is 55.5 Å². The lowest BCUT2D eigenvalue weighted by Gasteiger charge is -2.42. The molecule has 1 amide bonds. The molecule has 0 bridgehead atoms. The molecule has 1 aromatic heterocycles. The summed E-state index contributed by atoms with van der Waals surface area (Å²) >= 11 is 0. The molecule has 172 valence electrons. The highest BCUT2D eigenvalue weighted by Gasteiger charge is 2.48. The molecule has 9 heteroatoms. The van der Waals surface area contributed by atoms with E-state index < -0.39 is 23.0 Å². The summed E-state index contributed by atoms with van der Waals surface area (Å²) in [5.74, 6) is -1.48. The predicted octanol–water partition coefficient (Wildman–Crippen LogP) is 2.57. The van der Waals surface area contributed by atoms with Crippen molar-refractivity contribution < 1.29 is 24.2 Å². The third-order valence-corrected chi connectivity index (χ3v) is 6.24. The van der Waals surface area contributed by atoms with Gasteiger partial charge >= 0.3 is 5.97 Å². The van der Waals surface area contributed by atoms with Crippen molar-refractivity contribution in [3.63, 3.8) is 0 Å². The number of nitrogens with one attached hydrogen (secondary N) is 1. The van der Waals surface area contributed by atoms with Gasteiger partial charge in [-0.2, -0.15) is 0 Å². The van der Waals surface area contributed by atoms with Gasteiger partial charge in [-0.3, -0.25) is 4.79 Å². The number of aliphatic carboxylic acids is 1. The number of hydrogen-bond donors (Lipinski definition) is 2. The molecular weight excluding hydrogens is 412 g/mol. The Morgan fingerprint density at radius 3 is 2.81 bits per heavy atom. The number of aromatic nitrogens is 3. The van der Waals surface area contributed by atoms with Gasteiger partial charge in [0, 0.05) is 30.6 Å². The first-order chi connectivity index (χ1) is 15.2. The molecule has 3 heterocycles. The minimum atomic E-state index is -1.37. The summed E-state index contributed by atoms with van der Waals surface area (Å²) < 4.78 is 13.1. The van der Waals surface area contributed by atoms with Crippen LogP contribution in [0, 0.1) is 6.92 Å². The quantitative estimate of drug-likeness (QED) is 0.706. The zero-order chi connectivity index (χ0) is 22.9. The number of nitrogens with zero attached hydrogens (tertiary/aromatic N) is 3. The van der Waals surface area contributed by atoms with E-state index in [2.05, 4.69) is 15.6 Å². The van der Waals surface area contributed by atoms with Crippen molar-refractivity contribution in [3.05, 3.63) is 35.5 Å². The molecule has 32 heavy (non-hydrogen) atoms. The average molecular weight is 443 g/mol. The van der Waals surface area contributed by atoms with E-state index in [0.717, 1.165) is 30.6 Å². The summed E-state index contributed by atoms with van der Waals surface area (Å²) in [6.07, 6.45) is 4.48. The van der Waals surface area contributed by atoms with Gasteiger partial charge in [-0.05, 0) is 51.3 Å². The fourth-order valence-electron chi connectivity index (χ4n) is 4.55. The molecule has 0 radical (unpaired) electrons. The second-order valence-electron chi connectivity index (χ2n) is 9.37. The molecule has 1 aromatic carbocycles. The highest BCUT2D eigenvalue weighted by atomic mass is 16.5. The Morgan fingerprint density at radius 1 is 1.31 bits per heavy atom. The number of rotatable bonds is 6. The maximum atomic E-state index is 13.1. The number of carbonyl (C=O) groups is 2. The summed E-state index contributed by atoms with van der Waals surface area (Å²) in [6, 6.07) is 5.28. The fraction of sp³-hybridized carbons (Fsp3) is 0.565. The minimum Gasteiger partial charge on any atom is -0.480 e. The van der Waals surface area contributed by atoms with Crippen molar-refractivity contribution in [2.75, 3.05) is 13.2 Å². The van der Waals surface area contributed by atoms with Crippen LogP contribution in [0.5, 0.6) is 0 Å². The van der Waals surface area contributed by atoms with Crippen LogP contribution in [0.4, 0.5) is 0 Å². The van der Waals surface area contributed by atoms with Crippen LogP contribution in [0.25, 0.3) is 11.3 Å². The summed E-state index contributed by atoms with van der Waals surface area (Å²) in [5.41, 5.74) is 0.774. The van der Waals surface area contributed by atoms with Crippen LogP contribution in [0.2, 0.25) is 0 Å². The molecule has 2 aromatic rings. The first kappa shape index (κ1) is 22.4. The molecule has 9 nitrogen and oxygen atoms in total. The molecule has 4 rings (SSSR count). The molecule has 2 unspecified atom stereocenters. The van der Waals surface area contributed by atoms with Crippen LogP contribution in [-0.2, 0) is 20.8 Å². The zero-order valence-corrected chi connectivity index (χ0v) is 18.8. The first-order valence-corrected chi connectivity index (χ1v) is 11.0. The van der Waals surface area contributed by atoms with E-state index in [9.17, 15) is 14.7 Å². The molecule has 2 atom stereocenters. The Hall–Kier alpha value is -2.78. The van der Waals surface area contributed by atoms with Crippen molar-refractivity contribution in [1.29, 1.82) is 0 Å². The number of ether oxygens (including phenoxy) is 2. The summed E-state index contributed by atoms with van der Waals surface area (Å²) in [5, 5.41) is 21.2. The molecule has 0 aliphatic carbocycles. The molecule has 0 saturated carbocycles. The monoisotopic (exact) mass is 442 g/mol. The van der Waals surface area contributed by atoms with E-state index in [1.807, 2.05) is 33.0 Å². The standard InChI is InChI=1S/C23H30N4O5/c1-15-6-7-16(20(28)24-23(21(29)30)8-10-32-22(2,3)14-23)11-18(15)19-13-27(26-25-19)12-17-5-4-9-31-17/h6-7,11,13,17H,4-5,8-10,12,14H2,1-3H3,(H,24,28)(H,29,30). The lowest BCUT2D eigenvalue weighted by atomic mass is 9.81. The van der Waals surface area contributed by atoms with Gasteiger partial charge in [-0.25, -0.2) is 9.48 Å². The number of carboxylic acid groups (broad SMARTS) is 1. The van der Waals surface area contributed by atoms with E-state index in [-0.39, 0.29) is 25.6 Å². The van der Waals surface area contributed by atoms with Crippen molar-refractivity contribution >= 4 is 11.9 Å². The topological polar surface area (TPSA) is 116 Å². The second-order valence-corrected chi connectivity index (χ2v) is 9.37. The lowest BCUT2D eigenvalue weighted by Crippen LogP contribution is -2.61.